The van der Waals surface area contributed by atoms with Gasteiger partial charge in [0.2, 0.25) is 0 Å². The fraction of sp³-hybridized carbons (Fsp3) is 0.455. The Labute approximate surface area is 105 Å². The lowest BCUT2D eigenvalue weighted by Crippen LogP contribution is -2.42. The number of ketones is 1. The molecule has 0 aromatic carbocycles. The van der Waals surface area contributed by atoms with Crippen LogP contribution in [0.2, 0.25) is 0 Å². The maximum absolute atomic E-state index is 12.1. The lowest BCUT2D eigenvalue weighted by molar-refractivity contribution is -0.121. The summed E-state index contributed by atoms with van der Waals surface area (Å²) in [7, 11) is -3.54. The number of nitrogens with zero attached hydrogens (tertiary/aromatic N) is 1. The summed E-state index contributed by atoms with van der Waals surface area (Å²) in [4.78, 5) is 12.7. The van der Waals surface area contributed by atoms with Crippen molar-refractivity contribution in [3.8, 4) is 6.07 Å². The van der Waals surface area contributed by atoms with Crippen LogP contribution in [-0.4, -0.2) is 25.2 Å². The van der Waals surface area contributed by atoms with E-state index in [1.807, 2.05) is 6.07 Å². The second kappa shape index (κ2) is 4.59. The van der Waals surface area contributed by atoms with Gasteiger partial charge in [-0.15, -0.1) is 11.3 Å². The zero-order valence-corrected chi connectivity index (χ0v) is 11.4. The second-order valence-electron chi connectivity index (χ2n) is 4.22. The van der Waals surface area contributed by atoms with E-state index < -0.39 is 26.3 Å². The minimum atomic E-state index is -3.54. The summed E-state index contributed by atoms with van der Waals surface area (Å²) >= 11 is 1.27. The van der Waals surface area contributed by atoms with Crippen LogP contribution in [0.25, 0.3) is 0 Å². The van der Waals surface area contributed by atoms with Crippen molar-refractivity contribution < 1.29 is 13.2 Å². The fourth-order valence-corrected chi connectivity index (χ4v) is 2.49. The SMILES string of the molecule is CC(C)(C(=O)C(C#N)c1cccs1)S(C)(=O)=O. The topological polar surface area (TPSA) is 75.0 Å². The first-order valence-corrected chi connectivity index (χ1v) is 7.66. The zero-order valence-electron chi connectivity index (χ0n) is 9.80. The third kappa shape index (κ3) is 2.56. The number of carbonyl (C=O) groups is 1. The number of rotatable bonds is 4. The van der Waals surface area contributed by atoms with Crippen molar-refractivity contribution in [2.45, 2.75) is 24.5 Å². The van der Waals surface area contributed by atoms with E-state index in [0.29, 0.717) is 4.88 Å². The number of sulfone groups is 1. The molecule has 0 fully saturated rings. The monoisotopic (exact) mass is 271 g/mol. The average Bonchev–Trinajstić information content (AvgIpc) is 2.70. The molecule has 92 valence electrons. The number of thiophene rings is 1. The molecule has 1 atom stereocenters. The van der Waals surface area contributed by atoms with E-state index in [9.17, 15) is 13.2 Å². The minimum absolute atomic E-state index is 0.578. The van der Waals surface area contributed by atoms with E-state index in [2.05, 4.69) is 0 Å². The van der Waals surface area contributed by atoms with E-state index in [1.54, 1.807) is 17.5 Å². The molecule has 0 aliphatic carbocycles. The molecular weight excluding hydrogens is 258 g/mol. The highest BCUT2D eigenvalue weighted by Crippen LogP contribution is 2.29. The van der Waals surface area contributed by atoms with Gasteiger partial charge in [0.1, 0.15) is 10.7 Å². The molecule has 1 rings (SSSR count). The van der Waals surface area contributed by atoms with Crippen LogP contribution in [0.4, 0.5) is 0 Å². The van der Waals surface area contributed by atoms with Gasteiger partial charge in [0, 0.05) is 11.1 Å². The van der Waals surface area contributed by atoms with Gasteiger partial charge in [-0.2, -0.15) is 5.26 Å². The molecule has 0 bridgehead atoms. The van der Waals surface area contributed by atoms with Crippen LogP contribution < -0.4 is 0 Å². The van der Waals surface area contributed by atoms with Crippen molar-refractivity contribution >= 4 is 27.0 Å². The second-order valence-corrected chi connectivity index (χ2v) is 7.77. The molecular formula is C11H13NO3S2. The number of nitriles is 1. The molecule has 0 aliphatic heterocycles. The van der Waals surface area contributed by atoms with Crippen LogP contribution in [0.5, 0.6) is 0 Å². The third-order valence-corrected chi connectivity index (χ3v) is 5.73. The molecule has 1 unspecified atom stereocenters. The zero-order chi connectivity index (χ0) is 13.3. The van der Waals surface area contributed by atoms with E-state index >= 15 is 0 Å². The van der Waals surface area contributed by atoms with Crippen molar-refractivity contribution in [2.24, 2.45) is 0 Å². The van der Waals surface area contributed by atoms with Gasteiger partial charge in [-0.05, 0) is 25.3 Å². The molecule has 4 nitrogen and oxygen atoms in total. The molecule has 0 aliphatic rings. The molecule has 0 amide bonds. The molecule has 0 saturated carbocycles. The average molecular weight is 271 g/mol. The van der Waals surface area contributed by atoms with Gasteiger partial charge in [0.05, 0.1) is 6.07 Å². The van der Waals surface area contributed by atoms with Gasteiger partial charge in [-0.25, -0.2) is 8.42 Å². The molecule has 0 radical (unpaired) electrons. The van der Waals surface area contributed by atoms with Crippen molar-refractivity contribution in [3.05, 3.63) is 22.4 Å². The Morgan fingerprint density at radius 1 is 1.53 bits per heavy atom. The van der Waals surface area contributed by atoms with Crippen molar-refractivity contribution in [3.63, 3.8) is 0 Å². The first-order chi connectivity index (χ1) is 7.71. The molecule has 1 aromatic rings. The van der Waals surface area contributed by atoms with Crippen LogP contribution in [0.1, 0.15) is 24.6 Å². The highest BCUT2D eigenvalue weighted by molar-refractivity contribution is 7.92. The van der Waals surface area contributed by atoms with Crippen LogP contribution in [0.15, 0.2) is 17.5 Å². The van der Waals surface area contributed by atoms with E-state index in [0.717, 1.165) is 6.26 Å². The van der Waals surface area contributed by atoms with Gasteiger partial charge in [0.25, 0.3) is 0 Å². The van der Waals surface area contributed by atoms with E-state index in [4.69, 9.17) is 5.26 Å². The maximum Gasteiger partial charge on any atom is 0.175 e. The first kappa shape index (κ1) is 13.9. The molecule has 17 heavy (non-hydrogen) atoms. The molecule has 0 N–H and O–H groups in total. The molecule has 1 heterocycles. The predicted molar refractivity (Wildman–Crippen MR) is 66.6 cm³/mol. The maximum atomic E-state index is 12.1. The van der Waals surface area contributed by atoms with E-state index in [1.165, 1.54) is 25.2 Å². The largest absolute Gasteiger partial charge is 0.296 e. The summed E-state index contributed by atoms with van der Waals surface area (Å²) in [6.07, 6.45) is 1.01. The lowest BCUT2D eigenvalue weighted by Gasteiger charge is -2.22. The van der Waals surface area contributed by atoms with Gasteiger partial charge in [-0.1, -0.05) is 6.07 Å². The lowest BCUT2D eigenvalue weighted by atomic mass is 9.94. The summed E-state index contributed by atoms with van der Waals surface area (Å²) < 4.78 is 21.6. The Hall–Kier alpha value is -1.19. The quantitative estimate of drug-likeness (QED) is 0.836. The van der Waals surface area contributed by atoms with Gasteiger partial charge in [0.15, 0.2) is 15.6 Å². The number of carbonyl (C=O) groups excluding carboxylic acids is 1. The van der Waals surface area contributed by atoms with E-state index in [-0.39, 0.29) is 0 Å². The summed E-state index contributed by atoms with van der Waals surface area (Å²) in [5.74, 6) is -1.59. The Morgan fingerprint density at radius 3 is 2.47 bits per heavy atom. The van der Waals surface area contributed by atoms with Crippen LogP contribution in [-0.2, 0) is 14.6 Å². The number of Topliss-reactive ketones (excluding diaryl/α,β-unsaturated/α-hetero) is 1. The summed E-state index contributed by atoms with van der Waals surface area (Å²) in [5.41, 5.74) is 0. The van der Waals surface area contributed by atoms with Crippen LogP contribution in [0.3, 0.4) is 0 Å². The standard InChI is InChI=1S/C11H13NO3S2/c1-11(2,17(3,14)15)10(13)8(7-12)9-5-4-6-16-9/h4-6,8H,1-3H3. The van der Waals surface area contributed by atoms with Crippen LogP contribution >= 0.6 is 11.3 Å². The molecule has 0 saturated heterocycles. The highest BCUT2D eigenvalue weighted by Gasteiger charge is 2.43. The third-order valence-electron chi connectivity index (χ3n) is 2.74. The summed E-state index contributed by atoms with van der Waals surface area (Å²) in [5, 5.41) is 10.8. The van der Waals surface area contributed by atoms with Gasteiger partial charge in [-0.3, -0.25) is 4.79 Å². The number of hydrogen-bond donors (Lipinski definition) is 0. The normalized spacial score (nSPS) is 14.0. The first-order valence-electron chi connectivity index (χ1n) is 4.88. The number of hydrogen-bond acceptors (Lipinski definition) is 5. The Morgan fingerprint density at radius 2 is 2.12 bits per heavy atom. The molecule has 0 spiro atoms. The Kier molecular flexibility index (Phi) is 3.74. The van der Waals surface area contributed by atoms with Crippen molar-refractivity contribution in [1.82, 2.24) is 0 Å². The Balaban J connectivity index is 3.18. The van der Waals surface area contributed by atoms with Gasteiger partial charge >= 0.3 is 0 Å². The van der Waals surface area contributed by atoms with Crippen LogP contribution in [0, 0.1) is 11.3 Å². The smallest absolute Gasteiger partial charge is 0.175 e. The fourth-order valence-electron chi connectivity index (χ4n) is 1.24. The Bertz CT molecular complexity index is 550. The summed E-state index contributed by atoms with van der Waals surface area (Å²) in [6.45, 7) is 2.67. The van der Waals surface area contributed by atoms with Crippen molar-refractivity contribution in [1.29, 1.82) is 5.26 Å². The van der Waals surface area contributed by atoms with Gasteiger partial charge < -0.3 is 0 Å². The predicted octanol–water partition coefficient (Wildman–Crippen LogP) is 1.75. The summed E-state index contributed by atoms with van der Waals surface area (Å²) in [6, 6.07) is 5.27. The minimum Gasteiger partial charge on any atom is -0.296 e. The molecule has 1 aromatic heterocycles. The molecule has 6 heteroatoms. The van der Waals surface area contributed by atoms with Crippen molar-refractivity contribution in [2.75, 3.05) is 6.26 Å². The highest BCUT2D eigenvalue weighted by atomic mass is 32.2.